The molecular weight excluding hydrogens is 387 g/mol. The molecule has 4 N–H and O–H groups in total. The first-order valence-electron chi connectivity index (χ1n) is 7.94. The van der Waals surface area contributed by atoms with Crippen LogP contribution in [0.3, 0.4) is 0 Å². The lowest BCUT2D eigenvalue weighted by Gasteiger charge is -2.31. The number of anilines is 1. The zero-order valence-electron chi connectivity index (χ0n) is 13.8. The number of rotatable bonds is 6. The van der Waals surface area contributed by atoms with Gasteiger partial charge in [-0.15, -0.1) is 12.4 Å². The van der Waals surface area contributed by atoms with Crippen molar-refractivity contribution in [1.82, 2.24) is 10.2 Å². The monoisotopic (exact) mass is 408 g/mol. The van der Waals surface area contributed by atoms with Crippen LogP contribution in [0.4, 0.5) is 5.69 Å². The maximum absolute atomic E-state index is 12.2. The zero-order valence-corrected chi connectivity index (χ0v) is 16.1. The number of nitrogens with two attached hydrogens (primary N) is 1. The number of likely N-dealkylation sites (tertiary alicyclic amines) is 1. The standard InChI is InChI=1S/C16H22Cl2N4O2.ClH/c17-13-4-3-12(8-14(13)18)21-15(23)10-22-7-1-2-11(9-22)16(24)20-6-5-19;/h3-4,8,11H,1-2,5-7,9-10,19H2,(H,20,24)(H,21,23);1H. The first-order valence-corrected chi connectivity index (χ1v) is 8.70. The molecule has 0 saturated carbocycles. The minimum absolute atomic E-state index is 0. The quantitative estimate of drug-likeness (QED) is 0.672. The Morgan fingerprint density at radius 3 is 2.72 bits per heavy atom. The first-order chi connectivity index (χ1) is 11.5. The lowest BCUT2D eigenvalue weighted by molar-refractivity contribution is -0.127. The molecule has 2 rings (SSSR count). The Hall–Kier alpha value is -1.05. The van der Waals surface area contributed by atoms with Crippen LogP contribution in [0.25, 0.3) is 0 Å². The summed E-state index contributed by atoms with van der Waals surface area (Å²) in [7, 11) is 0. The van der Waals surface area contributed by atoms with E-state index in [4.69, 9.17) is 28.9 Å². The van der Waals surface area contributed by atoms with Crippen LogP contribution >= 0.6 is 35.6 Å². The van der Waals surface area contributed by atoms with Gasteiger partial charge in [0.2, 0.25) is 11.8 Å². The van der Waals surface area contributed by atoms with Crippen molar-refractivity contribution in [2.45, 2.75) is 12.8 Å². The molecule has 0 spiro atoms. The van der Waals surface area contributed by atoms with Crippen molar-refractivity contribution in [3.8, 4) is 0 Å². The van der Waals surface area contributed by atoms with Gasteiger partial charge in [-0.2, -0.15) is 0 Å². The molecule has 1 aromatic carbocycles. The van der Waals surface area contributed by atoms with Gasteiger partial charge in [-0.3, -0.25) is 14.5 Å². The molecule has 0 bridgehead atoms. The number of carbonyl (C=O) groups excluding carboxylic acids is 2. The Balaban J connectivity index is 0.00000312. The molecule has 0 radical (unpaired) electrons. The molecule has 2 amide bonds. The number of benzene rings is 1. The lowest BCUT2D eigenvalue weighted by Crippen LogP contribution is -2.46. The van der Waals surface area contributed by atoms with Crippen LogP contribution in [0, 0.1) is 5.92 Å². The second kappa shape index (κ2) is 10.8. The lowest BCUT2D eigenvalue weighted by atomic mass is 9.97. The highest BCUT2D eigenvalue weighted by molar-refractivity contribution is 6.42. The number of hydrogen-bond acceptors (Lipinski definition) is 4. The summed E-state index contributed by atoms with van der Waals surface area (Å²) < 4.78 is 0. The maximum atomic E-state index is 12.2. The van der Waals surface area contributed by atoms with Gasteiger partial charge in [-0.25, -0.2) is 0 Å². The minimum Gasteiger partial charge on any atom is -0.355 e. The van der Waals surface area contributed by atoms with Crippen LogP contribution in [0.2, 0.25) is 10.0 Å². The van der Waals surface area contributed by atoms with Gasteiger partial charge in [0.25, 0.3) is 0 Å². The number of amides is 2. The van der Waals surface area contributed by atoms with E-state index in [-0.39, 0.29) is 36.7 Å². The Kier molecular flexibility index (Phi) is 9.53. The van der Waals surface area contributed by atoms with Crippen LogP contribution in [-0.2, 0) is 9.59 Å². The van der Waals surface area contributed by atoms with E-state index in [1.807, 2.05) is 4.90 Å². The van der Waals surface area contributed by atoms with E-state index in [9.17, 15) is 9.59 Å². The highest BCUT2D eigenvalue weighted by atomic mass is 35.5. The fraction of sp³-hybridized carbons (Fsp3) is 0.500. The number of halogens is 3. The van der Waals surface area contributed by atoms with Crippen molar-refractivity contribution in [3.05, 3.63) is 28.2 Å². The summed E-state index contributed by atoms with van der Waals surface area (Å²) in [5.41, 5.74) is 6.00. The topological polar surface area (TPSA) is 87.5 Å². The van der Waals surface area contributed by atoms with E-state index in [0.717, 1.165) is 19.4 Å². The molecule has 1 heterocycles. The molecule has 9 heteroatoms. The van der Waals surface area contributed by atoms with Gasteiger partial charge in [-0.1, -0.05) is 23.2 Å². The summed E-state index contributed by atoms with van der Waals surface area (Å²) in [6.07, 6.45) is 1.72. The fourth-order valence-corrected chi connectivity index (χ4v) is 3.03. The van der Waals surface area contributed by atoms with Crippen molar-refractivity contribution in [2.24, 2.45) is 11.7 Å². The molecule has 0 aliphatic carbocycles. The van der Waals surface area contributed by atoms with Crippen molar-refractivity contribution >= 4 is 53.1 Å². The number of nitrogens with zero attached hydrogens (tertiary/aromatic N) is 1. The van der Waals surface area contributed by atoms with Crippen LogP contribution in [0.1, 0.15) is 12.8 Å². The second-order valence-electron chi connectivity index (χ2n) is 5.83. The highest BCUT2D eigenvalue weighted by Gasteiger charge is 2.26. The molecule has 1 saturated heterocycles. The van der Waals surface area contributed by atoms with Crippen LogP contribution < -0.4 is 16.4 Å². The third kappa shape index (κ3) is 6.99. The van der Waals surface area contributed by atoms with Gasteiger partial charge in [0.15, 0.2) is 0 Å². The average Bonchev–Trinajstić information content (AvgIpc) is 2.56. The number of nitrogens with one attached hydrogen (secondary N) is 2. The number of carbonyl (C=O) groups is 2. The fourth-order valence-electron chi connectivity index (χ4n) is 2.73. The molecule has 1 fully saturated rings. The van der Waals surface area contributed by atoms with Crippen molar-refractivity contribution < 1.29 is 9.59 Å². The van der Waals surface area contributed by atoms with E-state index in [1.54, 1.807) is 18.2 Å². The first kappa shape index (κ1) is 22.0. The SMILES string of the molecule is Cl.NCCNC(=O)C1CCCN(CC(=O)Nc2ccc(Cl)c(Cl)c2)C1. The number of hydrogen-bond donors (Lipinski definition) is 3. The molecule has 140 valence electrons. The molecular formula is C16H23Cl3N4O2. The van der Waals surface area contributed by atoms with Crippen LogP contribution in [-0.4, -0.2) is 49.4 Å². The molecule has 1 aromatic rings. The predicted molar refractivity (Wildman–Crippen MR) is 104 cm³/mol. The summed E-state index contributed by atoms with van der Waals surface area (Å²) in [5.74, 6) is -0.227. The van der Waals surface area contributed by atoms with E-state index >= 15 is 0 Å². The number of piperidine rings is 1. The Labute approximate surface area is 163 Å². The van der Waals surface area contributed by atoms with Crippen molar-refractivity contribution in [1.29, 1.82) is 0 Å². The molecule has 1 aliphatic heterocycles. The van der Waals surface area contributed by atoms with Gasteiger partial charge >= 0.3 is 0 Å². The predicted octanol–water partition coefficient (Wildman–Crippen LogP) is 2.14. The zero-order chi connectivity index (χ0) is 17.5. The Morgan fingerprint density at radius 1 is 1.28 bits per heavy atom. The molecule has 1 aliphatic rings. The van der Waals surface area contributed by atoms with Gasteiger partial charge in [-0.05, 0) is 37.6 Å². The largest absolute Gasteiger partial charge is 0.355 e. The van der Waals surface area contributed by atoms with E-state index in [1.165, 1.54) is 0 Å². The van der Waals surface area contributed by atoms with E-state index < -0.39 is 0 Å². The van der Waals surface area contributed by atoms with Crippen LogP contribution in [0.15, 0.2) is 18.2 Å². The summed E-state index contributed by atoms with van der Waals surface area (Å²) >= 11 is 11.8. The summed E-state index contributed by atoms with van der Waals surface area (Å²) in [5, 5.41) is 6.44. The summed E-state index contributed by atoms with van der Waals surface area (Å²) in [4.78, 5) is 26.2. The van der Waals surface area contributed by atoms with E-state index in [0.29, 0.717) is 35.4 Å². The molecule has 0 aromatic heterocycles. The van der Waals surface area contributed by atoms with Crippen molar-refractivity contribution in [3.63, 3.8) is 0 Å². The molecule has 1 atom stereocenters. The van der Waals surface area contributed by atoms with Gasteiger partial charge in [0.1, 0.15) is 0 Å². The third-order valence-corrected chi connectivity index (χ3v) is 4.63. The van der Waals surface area contributed by atoms with E-state index in [2.05, 4.69) is 10.6 Å². The van der Waals surface area contributed by atoms with Gasteiger partial charge < -0.3 is 16.4 Å². The molecule has 6 nitrogen and oxygen atoms in total. The summed E-state index contributed by atoms with van der Waals surface area (Å²) in [6.45, 7) is 2.52. The highest BCUT2D eigenvalue weighted by Crippen LogP contribution is 2.25. The Morgan fingerprint density at radius 2 is 2.04 bits per heavy atom. The maximum Gasteiger partial charge on any atom is 0.238 e. The summed E-state index contributed by atoms with van der Waals surface area (Å²) in [6, 6.07) is 4.95. The van der Waals surface area contributed by atoms with Crippen molar-refractivity contribution in [2.75, 3.05) is 38.0 Å². The van der Waals surface area contributed by atoms with Gasteiger partial charge in [0.05, 0.1) is 22.5 Å². The third-order valence-electron chi connectivity index (χ3n) is 3.89. The van der Waals surface area contributed by atoms with Gasteiger partial charge in [0, 0.05) is 25.3 Å². The molecule has 1 unspecified atom stereocenters. The minimum atomic E-state index is -0.142. The second-order valence-corrected chi connectivity index (χ2v) is 6.65. The average molecular weight is 410 g/mol. The molecule has 25 heavy (non-hydrogen) atoms. The Bertz CT molecular complexity index is 601. The normalized spacial score (nSPS) is 17.5. The van der Waals surface area contributed by atoms with Crippen LogP contribution in [0.5, 0.6) is 0 Å². The smallest absolute Gasteiger partial charge is 0.238 e.